The maximum atomic E-state index is 5.60. The van der Waals surface area contributed by atoms with Crippen molar-refractivity contribution in [3.63, 3.8) is 0 Å². The molecule has 0 bridgehead atoms. The fraction of sp³-hybridized carbons (Fsp3) is 0.700. The van der Waals surface area contributed by atoms with E-state index in [1.807, 2.05) is 10.9 Å². The van der Waals surface area contributed by atoms with Crippen LogP contribution in [-0.2, 0) is 6.54 Å². The van der Waals surface area contributed by atoms with Crippen LogP contribution >= 0.6 is 0 Å². The Balaban J connectivity index is 1.82. The van der Waals surface area contributed by atoms with Crippen LogP contribution in [0, 0.1) is 0 Å². The van der Waals surface area contributed by atoms with Gasteiger partial charge >= 0.3 is 0 Å². The molecule has 0 spiro atoms. The van der Waals surface area contributed by atoms with Crippen molar-refractivity contribution in [1.29, 1.82) is 0 Å². The molecular weight excluding hydrogens is 176 g/mol. The molecular formula is C10H18N4. The van der Waals surface area contributed by atoms with E-state index in [9.17, 15) is 0 Å². The first kappa shape index (κ1) is 9.52. The number of nitrogen functional groups attached to an aromatic ring is 1. The second kappa shape index (κ2) is 4.00. The maximum Gasteiger partial charge on any atom is 0.0719 e. The van der Waals surface area contributed by atoms with Crippen molar-refractivity contribution in [3.05, 3.63) is 12.4 Å². The second-order valence-electron chi connectivity index (χ2n) is 4.10. The van der Waals surface area contributed by atoms with Crippen molar-refractivity contribution in [2.24, 2.45) is 0 Å². The molecule has 2 rings (SSSR count). The van der Waals surface area contributed by atoms with Gasteiger partial charge < -0.3 is 10.6 Å². The summed E-state index contributed by atoms with van der Waals surface area (Å²) >= 11 is 0. The minimum absolute atomic E-state index is 0.737. The summed E-state index contributed by atoms with van der Waals surface area (Å²) in [6.07, 6.45) is 7.45. The first-order valence-electron chi connectivity index (χ1n) is 5.24. The van der Waals surface area contributed by atoms with Crippen LogP contribution in [0.1, 0.15) is 19.3 Å². The Hall–Kier alpha value is -1.03. The highest BCUT2D eigenvalue weighted by Gasteiger charge is 2.20. The molecule has 1 aliphatic heterocycles. The van der Waals surface area contributed by atoms with Crippen LogP contribution in [0.4, 0.5) is 5.69 Å². The SMILES string of the molecule is CN1CCCC1CCn1cc(N)cn1. The van der Waals surface area contributed by atoms with Gasteiger partial charge in [0.05, 0.1) is 11.9 Å². The van der Waals surface area contributed by atoms with Gasteiger partial charge in [0.2, 0.25) is 0 Å². The molecule has 0 amide bonds. The Labute approximate surface area is 84.7 Å². The molecule has 1 atom stereocenters. The van der Waals surface area contributed by atoms with Crippen LogP contribution in [0.25, 0.3) is 0 Å². The summed E-state index contributed by atoms with van der Waals surface area (Å²) in [7, 11) is 2.20. The van der Waals surface area contributed by atoms with Gasteiger partial charge in [0.15, 0.2) is 0 Å². The van der Waals surface area contributed by atoms with E-state index in [4.69, 9.17) is 5.73 Å². The number of aromatic nitrogens is 2. The molecule has 1 aromatic heterocycles. The highest BCUT2D eigenvalue weighted by molar-refractivity contribution is 5.30. The van der Waals surface area contributed by atoms with Crippen LogP contribution in [0.2, 0.25) is 0 Å². The maximum absolute atomic E-state index is 5.60. The zero-order chi connectivity index (χ0) is 9.97. The van der Waals surface area contributed by atoms with Gasteiger partial charge in [-0.3, -0.25) is 4.68 Å². The van der Waals surface area contributed by atoms with Gasteiger partial charge in [-0.2, -0.15) is 5.10 Å². The van der Waals surface area contributed by atoms with Gasteiger partial charge in [-0.15, -0.1) is 0 Å². The van der Waals surface area contributed by atoms with Crippen LogP contribution < -0.4 is 5.73 Å². The molecule has 1 aromatic rings. The monoisotopic (exact) mass is 194 g/mol. The third kappa shape index (κ3) is 2.07. The van der Waals surface area contributed by atoms with Crippen molar-refractivity contribution >= 4 is 5.69 Å². The average Bonchev–Trinajstić information content (AvgIpc) is 2.72. The van der Waals surface area contributed by atoms with Crippen LogP contribution in [0.3, 0.4) is 0 Å². The third-order valence-corrected chi connectivity index (χ3v) is 3.02. The van der Waals surface area contributed by atoms with E-state index >= 15 is 0 Å². The summed E-state index contributed by atoms with van der Waals surface area (Å²) < 4.78 is 1.93. The van der Waals surface area contributed by atoms with Crippen molar-refractivity contribution in [3.8, 4) is 0 Å². The van der Waals surface area contributed by atoms with Gasteiger partial charge in [0.1, 0.15) is 0 Å². The van der Waals surface area contributed by atoms with Crippen LogP contribution in [0.15, 0.2) is 12.4 Å². The first-order chi connectivity index (χ1) is 6.75. The lowest BCUT2D eigenvalue weighted by molar-refractivity contribution is 0.283. The molecule has 4 nitrogen and oxygen atoms in total. The van der Waals surface area contributed by atoms with Gasteiger partial charge in [-0.1, -0.05) is 0 Å². The number of anilines is 1. The van der Waals surface area contributed by atoms with E-state index in [0.717, 1.165) is 18.3 Å². The van der Waals surface area contributed by atoms with E-state index in [1.165, 1.54) is 25.8 Å². The molecule has 0 radical (unpaired) electrons. The number of hydrogen-bond donors (Lipinski definition) is 1. The fourth-order valence-corrected chi connectivity index (χ4v) is 2.13. The van der Waals surface area contributed by atoms with E-state index in [0.29, 0.717) is 0 Å². The minimum Gasteiger partial charge on any atom is -0.396 e. The summed E-state index contributed by atoms with van der Waals surface area (Å²) in [6.45, 7) is 2.22. The highest BCUT2D eigenvalue weighted by atomic mass is 15.3. The van der Waals surface area contributed by atoms with E-state index in [2.05, 4.69) is 17.0 Å². The zero-order valence-corrected chi connectivity index (χ0v) is 8.69. The predicted molar refractivity (Wildman–Crippen MR) is 56.9 cm³/mol. The standard InChI is InChI=1S/C10H18N4/c1-13-5-2-3-10(13)4-6-14-8-9(11)7-12-14/h7-8,10H,2-6,11H2,1H3. The molecule has 0 aromatic carbocycles. The minimum atomic E-state index is 0.737. The smallest absolute Gasteiger partial charge is 0.0719 e. The molecule has 0 aliphatic carbocycles. The average molecular weight is 194 g/mol. The lowest BCUT2D eigenvalue weighted by atomic mass is 10.1. The van der Waals surface area contributed by atoms with Crippen LogP contribution in [0.5, 0.6) is 0 Å². The summed E-state index contributed by atoms with van der Waals surface area (Å²) in [4.78, 5) is 2.44. The second-order valence-corrected chi connectivity index (χ2v) is 4.10. The van der Waals surface area contributed by atoms with E-state index in [1.54, 1.807) is 6.20 Å². The summed E-state index contributed by atoms with van der Waals surface area (Å²) in [5.74, 6) is 0. The molecule has 2 heterocycles. The van der Waals surface area contributed by atoms with Crippen molar-refractivity contribution < 1.29 is 0 Å². The number of nitrogens with two attached hydrogens (primary N) is 1. The van der Waals surface area contributed by atoms with Crippen molar-refractivity contribution in [2.75, 3.05) is 19.3 Å². The summed E-state index contributed by atoms with van der Waals surface area (Å²) in [5.41, 5.74) is 6.35. The molecule has 1 saturated heterocycles. The largest absolute Gasteiger partial charge is 0.396 e. The third-order valence-electron chi connectivity index (χ3n) is 3.02. The quantitative estimate of drug-likeness (QED) is 0.779. The molecule has 1 unspecified atom stereocenters. The van der Waals surface area contributed by atoms with Gasteiger partial charge in [-0.05, 0) is 32.9 Å². The molecule has 0 saturated carbocycles. The number of likely N-dealkylation sites (tertiary alicyclic amines) is 1. The molecule has 14 heavy (non-hydrogen) atoms. The lowest BCUT2D eigenvalue weighted by Gasteiger charge is -2.18. The Kier molecular flexibility index (Phi) is 2.72. The Morgan fingerprint density at radius 1 is 1.64 bits per heavy atom. The summed E-state index contributed by atoms with van der Waals surface area (Å²) in [5, 5.41) is 4.17. The molecule has 2 N–H and O–H groups in total. The van der Waals surface area contributed by atoms with Crippen molar-refractivity contribution in [2.45, 2.75) is 31.8 Å². The van der Waals surface area contributed by atoms with Gasteiger partial charge in [-0.25, -0.2) is 0 Å². The molecule has 78 valence electrons. The predicted octanol–water partition coefficient (Wildman–Crippen LogP) is 0.950. The number of nitrogens with zero attached hydrogens (tertiary/aromatic N) is 3. The van der Waals surface area contributed by atoms with E-state index in [-0.39, 0.29) is 0 Å². The number of aryl methyl sites for hydroxylation is 1. The highest BCUT2D eigenvalue weighted by Crippen LogP contribution is 2.18. The molecule has 1 aliphatic rings. The Morgan fingerprint density at radius 2 is 2.50 bits per heavy atom. The lowest BCUT2D eigenvalue weighted by Crippen LogP contribution is -2.26. The number of hydrogen-bond acceptors (Lipinski definition) is 3. The van der Waals surface area contributed by atoms with E-state index < -0.39 is 0 Å². The normalized spacial score (nSPS) is 23.1. The first-order valence-corrected chi connectivity index (χ1v) is 5.24. The van der Waals surface area contributed by atoms with Crippen molar-refractivity contribution in [1.82, 2.24) is 14.7 Å². The molecule has 1 fully saturated rings. The molecule has 4 heteroatoms. The number of rotatable bonds is 3. The fourth-order valence-electron chi connectivity index (χ4n) is 2.13. The van der Waals surface area contributed by atoms with Crippen LogP contribution in [-0.4, -0.2) is 34.3 Å². The Morgan fingerprint density at radius 3 is 3.07 bits per heavy atom. The topological polar surface area (TPSA) is 47.1 Å². The van der Waals surface area contributed by atoms with Gasteiger partial charge in [0, 0.05) is 18.8 Å². The van der Waals surface area contributed by atoms with Gasteiger partial charge in [0.25, 0.3) is 0 Å². The zero-order valence-electron chi connectivity index (χ0n) is 8.69. The Bertz CT molecular complexity index is 294. The summed E-state index contributed by atoms with van der Waals surface area (Å²) in [6, 6.07) is 0.737.